The van der Waals surface area contributed by atoms with Crippen molar-refractivity contribution in [2.45, 2.75) is 84.0 Å². The number of allylic oxidation sites excluding steroid dienone is 1. The molecule has 2 heteroatoms. The molecule has 320 valence electrons. The van der Waals surface area contributed by atoms with Gasteiger partial charge in [-0.15, -0.1) is 0 Å². The molecule has 0 unspecified atom stereocenters. The van der Waals surface area contributed by atoms with Crippen LogP contribution < -0.4 is 9.80 Å². The molecule has 3 aliphatic rings. The average molecular weight is 843 g/mol. The standard InChI is InChI=1S/C63H58N2/c1-60(2,3)46-25-31-49(32-26-46)65(47-27-19-42(20-28-47)41-15-11-10-12-16-41)48-29-21-43(22-30-48)44-23-33-51-52-34-24-45(40-56(52)63(8,9)55(51)39-44)50-35-36-54-59-58(50)61(4,5)37-38-64(59)57-18-14-13-17-53(57)62(54,6)7/h10-40H,1-9H3. The highest BCUT2D eigenvalue weighted by Crippen LogP contribution is 2.57. The summed E-state index contributed by atoms with van der Waals surface area (Å²) in [6.07, 6.45) is 4.70. The first-order valence-corrected chi connectivity index (χ1v) is 23.3. The molecule has 0 aromatic heterocycles. The molecule has 0 spiro atoms. The van der Waals surface area contributed by atoms with Crippen LogP contribution in [0.25, 0.3) is 44.5 Å². The molecule has 0 radical (unpaired) electrons. The zero-order valence-corrected chi connectivity index (χ0v) is 39.3. The number of fused-ring (bicyclic) bond motifs is 5. The molecule has 2 nitrogen and oxygen atoms in total. The monoisotopic (exact) mass is 842 g/mol. The Kier molecular flexibility index (Phi) is 9.15. The predicted molar refractivity (Wildman–Crippen MR) is 277 cm³/mol. The minimum absolute atomic E-state index is 0.0800. The van der Waals surface area contributed by atoms with Crippen molar-refractivity contribution < 1.29 is 0 Å². The van der Waals surface area contributed by atoms with Crippen LogP contribution in [0.2, 0.25) is 0 Å². The molecule has 11 rings (SSSR count). The summed E-state index contributed by atoms with van der Waals surface area (Å²) in [6.45, 7) is 21.1. The van der Waals surface area contributed by atoms with E-state index in [2.05, 4.69) is 260 Å². The van der Waals surface area contributed by atoms with Crippen molar-refractivity contribution in [3.05, 3.63) is 222 Å². The molecule has 65 heavy (non-hydrogen) atoms. The third-order valence-electron chi connectivity index (χ3n) is 14.9. The smallest absolute Gasteiger partial charge is 0.0543 e. The number of hydrogen-bond donors (Lipinski definition) is 0. The summed E-state index contributed by atoms with van der Waals surface area (Å²) in [7, 11) is 0. The van der Waals surface area contributed by atoms with E-state index in [0.717, 1.165) is 17.1 Å². The Hall–Kier alpha value is -6.90. The Bertz CT molecular complexity index is 3170. The maximum atomic E-state index is 2.50. The second-order valence-electron chi connectivity index (χ2n) is 21.2. The van der Waals surface area contributed by atoms with E-state index in [1.807, 2.05) is 0 Å². The van der Waals surface area contributed by atoms with Crippen LogP contribution in [0, 0.1) is 0 Å². The summed E-state index contributed by atoms with van der Waals surface area (Å²) in [5, 5.41) is 0. The Morgan fingerprint density at radius 3 is 1.51 bits per heavy atom. The van der Waals surface area contributed by atoms with Crippen LogP contribution in [-0.4, -0.2) is 0 Å². The molecule has 0 N–H and O–H groups in total. The lowest BCUT2D eigenvalue weighted by Gasteiger charge is -2.46. The molecule has 0 saturated heterocycles. The maximum absolute atomic E-state index is 2.50. The van der Waals surface area contributed by atoms with Crippen LogP contribution in [0.4, 0.5) is 28.4 Å². The highest BCUT2D eigenvalue weighted by Gasteiger charge is 2.43. The molecule has 0 bridgehead atoms. The Labute approximate surface area is 386 Å². The quantitative estimate of drug-likeness (QED) is 0.165. The second-order valence-corrected chi connectivity index (χ2v) is 21.2. The fourth-order valence-corrected chi connectivity index (χ4v) is 11.1. The van der Waals surface area contributed by atoms with Gasteiger partial charge in [0.1, 0.15) is 0 Å². The van der Waals surface area contributed by atoms with E-state index in [1.165, 1.54) is 89.3 Å². The topological polar surface area (TPSA) is 6.48 Å². The van der Waals surface area contributed by atoms with Gasteiger partial charge in [0.05, 0.1) is 5.69 Å². The highest BCUT2D eigenvalue weighted by molar-refractivity contribution is 5.92. The summed E-state index contributed by atoms with van der Waals surface area (Å²) in [6, 6.07) is 65.9. The average Bonchev–Trinajstić information content (AvgIpc) is 3.53. The molecule has 2 aliphatic heterocycles. The summed E-state index contributed by atoms with van der Waals surface area (Å²) in [5.74, 6) is 0. The van der Waals surface area contributed by atoms with Crippen LogP contribution in [0.1, 0.15) is 95.7 Å². The number of hydrogen-bond acceptors (Lipinski definition) is 2. The molecule has 0 atom stereocenters. The first-order valence-electron chi connectivity index (χ1n) is 23.3. The van der Waals surface area contributed by atoms with Crippen LogP contribution in [0.3, 0.4) is 0 Å². The third kappa shape index (κ3) is 6.52. The SMILES string of the molecule is CC(C)(C)c1ccc(N(c2ccc(-c3ccccc3)cc2)c2ccc(-c3ccc4c(c3)C(C)(C)c3cc(-c5ccc6c7c5C(C)(C)C=CN7c5ccccc5C6(C)C)ccc3-4)cc2)cc1. The fourth-order valence-electron chi connectivity index (χ4n) is 11.1. The van der Waals surface area contributed by atoms with E-state index in [1.54, 1.807) is 0 Å². The van der Waals surface area contributed by atoms with Gasteiger partial charge in [-0.25, -0.2) is 0 Å². The summed E-state index contributed by atoms with van der Waals surface area (Å²) < 4.78 is 0. The van der Waals surface area contributed by atoms with Gasteiger partial charge >= 0.3 is 0 Å². The first-order chi connectivity index (χ1) is 31.1. The normalized spacial score (nSPS) is 15.7. The first kappa shape index (κ1) is 40.8. The lowest BCUT2D eigenvalue weighted by molar-refractivity contribution is 0.590. The molecule has 8 aromatic rings. The third-order valence-corrected chi connectivity index (χ3v) is 14.9. The van der Waals surface area contributed by atoms with Gasteiger partial charge in [0.2, 0.25) is 0 Å². The van der Waals surface area contributed by atoms with Crippen LogP contribution >= 0.6 is 0 Å². The Morgan fingerprint density at radius 2 is 0.892 bits per heavy atom. The second kappa shape index (κ2) is 14.6. The van der Waals surface area contributed by atoms with Crippen molar-refractivity contribution in [2.24, 2.45) is 0 Å². The molecule has 0 fully saturated rings. The van der Waals surface area contributed by atoms with Gasteiger partial charge in [-0.05, 0) is 138 Å². The summed E-state index contributed by atoms with van der Waals surface area (Å²) in [5.41, 5.74) is 24.1. The number of benzene rings is 8. The van der Waals surface area contributed by atoms with Gasteiger partial charge < -0.3 is 9.80 Å². The van der Waals surface area contributed by atoms with Gasteiger partial charge in [-0.3, -0.25) is 0 Å². The molecule has 8 aromatic carbocycles. The van der Waals surface area contributed by atoms with Crippen molar-refractivity contribution >= 4 is 28.4 Å². The molecule has 0 saturated carbocycles. The van der Waals surface area contributed by atoms with Crippen LogP contribution in [-0.2, 0) is 21.7 Å². The number of nitrogens with zero attached hydrogens (tertiary/aromatic N) is 2. The highest BCUT2D eigenvalue weighted by atomic mass is 15.1. The van der Waals surface area contributed by atoms with E-state index in [-0.39, 0.29) is 21.7 Å². The van der Waals surface area contributed by atoms with Gasteiger partial charge in [-0.2, -0.15) is 0 Å². The number of para-hydroxylation sites is 1. The van der Waals surface area contributed by atoms with E-state index >= 15 is 0 Å². The van der Waals surface area contributed by atoms with Gasteiger partial charge in [-0.1, -0.05) is 190 Å². The van der Waals surface area contributed by atoms with Crippen molar-refractivity contribution in [1.82, 2.24) is 0 Å². The van der Waals surface area contributed by atoms with Gasteiger partial charge in [0, 0.05) is 45.2 Å². The number of rotatable bonds is 6. The molecule has 0 amide bonds. The largest absolute Gasteiger partial charge is 0.317 e. The van der Waals surface area contributed by atoms with Crippen LogP contribution in [0.5, 0.6) is 0 Å². The molecular weight excluding hydrogens is 785 g/mol. The minimum atomic E-state index is -0.174. The van der Waals surface area contributed by atoms with Gasteiger partial charge in [0.15, 0.2) is 0 Å². The lowest BCUT2D eigenvalue weighted by Crippen LogP contribution is -2.36. The van der Waals surface area contributed by atoms with E-state index in [9.17, 15) is 0 Å². The number of anilines is 5. The van der Waals surface area contributed by atoms with Crippen molar-refractivity contribution in [3.8, 4) is 44.5 Å². The summed E-state index contributed by atoms with van der Waals surface area (Å²) >= 11 is 0. The molecular formula is C63H58N2. The van der Waals surface area contributed by atoms with Crippen molar-refractivity contribution in [1.29, 1.82) is 0 Å². The minimum Gasteiger partial charge on any atom is -0.317 e. The van der Waals surface area contributed by atoms with Crippen molar-refractivity contribution in [3.63, 3.8) is 0 Å². The maximum Gasteiger partial charge on any atom is 0.0543 e. The van der Waals surface area contributed by atoms with Crippen LogP contribution in [0.15, 0.2) is 188 Å². The van der Waals surface area contributed by atoms with E-state index < -0.39 is 0 Å². The van der Waals surface area contributed by atoms with Gasteiger partial charge in [0.25, 0.3) is 0 Å². The van der Waals surface area contributed by atoms with E-state index in [0.29, 0.717) is 0 Å². The zero-order chi connectivity index (χ0) is 45.0. The summed E-state index contributed by atoms with van der Waals surface area (Å²) in [4.78, 5) is 4.82. The predicted octanol–water partition coefficient (Wildman–Crippen LogP) is 17.3. The lowest BCUT2D eigenvalue weighted by atomic mass is 9.67. The molecule has 1 aliphatic carbocycles. The molecule has 2 heterocycles. The Balaban J connectivity index is 0.933. The Morgan fingerprint density at radius 1 is 0.415 bits per heavy atom. The zero-order valence-electron chi connectivity index (χ0n) is 39.3. The fraction of sp³-hybridized carbons (Fsp3) is 0.206. The van der Waals surface area contributed by atoms with E-state index in [4.69, 9.17) is 0 Å². The van der Waals surface area contributed by atoms with Crippen molar-refractivity contribution in [2.75, 3.05) is 9.80 Å².